The summed E-state index contributed by atoms with van der Waals surface area (Å²) in [5, 5.41) is 0. The van der Waals surface area contributed by atoms with Gasteiger partial charge in [-0.1, -0.05) is 26.8 Å². The maximum Gasteiger partial charge on any atom is 0.423 e. The normalized spacial score (nSPS) is 15.6. The van der Waals surface area contributed by atoms with E-state index in [1.165, 1.54) is 0 Å². The lowest BCUT2D eigenvalue weighted by Gasteiger charge is -2.29. The average molecular weight is 354 g/mol. The third-order valence-electron chi connectivity index (χ3n) is 3.07. The highest BCUT2D eigenvalue weighted by molar-refractivity contribution is 5.94. The number of hydrogen-bond donors (Lipinski definition) is 0. The predicted molar refractivity (Wildman–Crippen MR) is 84.7 cm³/mol. The molecule has 0 aromatic rings. The summed E-state index contributed by atoms with van der Waals surface area (Å²) < 4.78 is 19.9. The summed E-state index contributed by atoms with van der Waals surface area (Å²) in [7, 11) is 0. The van der Waals surface area contributed by atoms with Crippen LogP contribution in [0.4, 0.5) is 0 Å². The zero-order chi connectivity index (χ0) is 18.9. The standard InChI is InChI=1S/C17H22O8/c1-4-6-10-22-16(21)12(3)11-15(20)25-17(9-5-2)23-13(18)7-8-14(19)24-17/h7-8H,3-6,9-11H2,1-2H3. The van der Waals surface area contributed by atoms with Crippen LogP contribution in [0.15, 0.2) is 24.3 Å². The monoisotopic (exact) mass is 354 g/mol. The minimum absolute atomic E-state index is 0.0503. The number of unbranched alkanes of at least 4 members (excludes halogenated alkanes) is 1. The van der Waals surface area contributed by atoms with Gasteiger partial charge in [0.2, 0.25) is 0 Å². The van der Waals surface area contributed by atoms with Gasteiger partial charge in [0.05, 0.1) is 19.4 Å². The average Bonchev–Trinajstić information content (AvgIpc) is 2.65. The number of esters is 4. The van der Waals surface area contributed by atoms with Crippen LogP contribution in [0, 0.1) is 0 Å². The number of rotatable bonds is 9. The van der Waals surface area contributed by atoms with Crippen LogP contribution >= 0.6 is 0 Å². The first kappa shape index (κ1) is 20.4. The Balaban J connectivity index is 2.70. The molecule has 1 aliphatic rings. The molecule has 0 aromatic carbocycles. The van der Waals surface area contributed by atoms with Gasteiger partial charge in [0.25, 0.3) is 0 Å². The molecule has 0 amide bonds. The van der Waals surface area contributed by atoms with Crippen molar-refractivity contribution in [2.75, 3.05) is 6.61 Å². The Bertz CT molecular complexity index is 555. The summed E-state index contributed by atoms with van der Waals surface area (Å²) in [4.78, 5) is 46.9. The van der Waals surface area contributed by atoms with Crippen molar-refractivity contribution in [2.45, 2.75) is 51.9 Å². The lowest BCUT2D eigenvalue weighted by molar-refractivity contribution is -0.327. The van der Waals surface area contributed by atoms with E-state index in [2.05, 4.69) is 6.58 Å². The molecule has 0 saturated heterocycles. The van der Waals surface area contributed by atoms with Gasteiger partial charge in [0.1, 0.15) is 0 Å². The van der Waals surface area contributed by atoms with Gasteiger partial charge in [-0.3, -0.25) is 4.79 Å². The molecule has 0 saturated carbocycles. The lowest BCUT2D eigenvalue weighted by Crippen LogP contribution is -2.43. The Morgan fingerprint density at radius 1 is 1.12 bits per heavy atom. The molecule has 0 spiro atoms. The predicted octanol–water partition coefficient (Wildman–Crippen LogP) is 1.93. The molecule has 8 heteroatoms. The lowest BCUT2D eigenvalue weighted by atomic mass is 10.2. The van der Waals surface area contributed by atoms with Gasteiger partial charge in [0.15, 0.2) is 0 Å². The summed E-state index contributed by atoms with van der Waals surface area (Å²) in [6.07, 6.45) is 3.15. The van der Waals surface area contributed by atoms with Crippen LogP contribution in [0.2, 0.25) is 0 Å². The number of carbonyl (C=O) groups is 4. The Labute approximate surface area is 145 Å². The first-order valence-electron chi connectivity index (χ1n) is 8.02. The van der Waals surface area contributed by atoms with Crippen molar-refractivity contribution < 1.29 is 38.1 Å². The summed E-state index contributed by atoms with van der Waals surface area (Å²) in [5.41, 5.74) is -0.114. The maximum atomic E-state index is 12.1. The molecule has 1 aliphatic heterocycles. The van der Waals surface area contributed by atoms with E-state index in [9.17, 15) is 19.2 Å². The molecule has 0 radical (unpaired) electrons. The highest BCUT2D eigenvalue weighted by Crippen LogP contribution is 2.26. The molecule has 0 unspecified atom stereocenters. The molecule has 0 aliphatic carbocycles. The topological polar surface area (TPSA) is 105 Å². The van der Waals surface area contributed by atoms with E-state index in [1.807, 2.05) is 6.92 Å². The highest BCUT2D eigenvalue weighted by atomic mass is 16.9. The molecule has 0 bridgehead atoms. The summed E-state index contributed by atoms with van der Waals surface area (Å²) in [6, 6.07) is 0. The van der Waals surface area contributed by atoms with E-state index in [0.717, 1.165) is 18.6 Å². The molecule has 8 nitrogen and oxygen atoms in total. The largest absolute Gasteiger partial charge is 0.462 e. The SMILES string of the molecule is C=C(CC(=O)OC1(CCC)OC(=O)C=CC(=O)O1)C(=O)OCCCC. The van der Waals surface area contributed by atoms with Crippen LogP contribution in [0.5, 0.6) is 0 Å². The number of carbonyl (C=O) groups excluding carboxylic acids is 4. The fourth-order valence-corrected chi connectivity index (χ4v) is 1.90. The molecular weight excluding hydrogens is 332 g/mol. The first-order chi connectivity index (χ1) is 11.8. The summed E-state index contributed by atoms with van der Waals surface area (Å²) >= 11 is 0. The van der Waals surface area contributed by atoms with Gasteiger partial charge in [0, 0.05) is 17.7 Å². The molecule has 0 N–H and O–H groups in total. The zero-order valence-electron chi connectivity index (χ0n) is 14.4. The third kappa shape index (κ3) is 6.78. The van der Waals surface area contributed by atoms with Gasteiger partial charge >= 0.3 is 29.9 Å². The van der Waals surface area contributed by atoms with Gasteiger partial charge in [-0.2, -0.15) is 0 Å². The van der Waals surface area contributed by atoms with Crippen LogP contribution in [0.3, 0.4) is 0 Å². The van der Waals surface area contributed by atoms with Crippen molar-refractivity contribution in [1.29, 1.82) is 0 Å². The quantitative estimate of drug-likeness (QED) is 0.351. The van der Waals surface area contributed by atoms with Crippen LogP contribution in [-0.4, -0.2) is 36.5 Å². The second-order valence-corrected chi connectivity index (χ2v) is 5.35. The van der Waals surface area contributed by atoms with Crippen LogP contribution < -0.4 is 0 Å². The smallest absolute Gasteiger partial charge is 0.423 e. The van der Waals surface area contributed by atoms with Crippen molar-refractivity contribution in [2.24, 2.45) is 0 Å². The molecule has 0 fully saturated rings. The Morgan fingerprint density at radius 2 is 1.72 bits per heavy atom. The molecule has 0 aromatic heterocycles. The molecule has 0 atom stereocenters. The van der Waals surface area contributed by atoms with Gasteiger partial charge in [-0.05, 0) is 12.8 Å². The van der Waals surface area contributed by atoms with E-state index in [4.69, 9.17) is 18.9 Å². The minimum Gasteiger partial charge on any atom is -0.462 e. The van der Waals surface area contributed by atoms with E-state index >= 15 is 0 Å². The third-order valence-corrected chi connectivity index (χ3v) is 3.07. The molecule has 1 heterocycles. The second-order valence-electron chi connectivity index (χ2n) is 5.35. The maximum absolute atomic E-state index is 12.1. The number of ether oxygens (including phenoxy) is 4. The van der Waals surface area contributed by atoms with Gasteiger partial charge < -0.3 is 18.9 Å². The molecular formula is C17H22O8. The van der Waals surface area contributed by atoms with Crippen LogP contribution in [0.25, 0.3) is 0 Å². The zero-order valence-corrected chi connectivity index (χ0v) is 14.4. The van der Waals surface area contributed by atoms with Crippen LogP contribution in [-0.2, 0) is 38.1 Å². The van der Waals surface area contributed by atoms with Crippen molar-refractivity contribution in [1.82, 2.24) is 0 Å². The van der Waals surface area contributed by atoms with E-state index < -0.39 is 36.3 Å². The minimum atomic E-state index is -2.16. The summed E-state index contributed by atoms with van der Waals surface area (Å²) in [5.74, 6) is -5.58. The van der Waals surface area contributed by atoms with E-state index in [0.29, 0.717) is 12.8 Å². The van der Waals surface area contributed by atoms with E-state index in [1.54, 1.807) is 6.92 Å². The van der Waals surface area contributed by atoms with Gasteiger partial charge in [-0.25, -0.2) is 14.4 Å². The first-order valence-corrected chi connectivity index (χ1v) is 8.02. The Morgan fingerprint density at radius 3 is 2.24 bits per heavy atom. The number of cyclic esters (lactones) is 2. The van der Waals surface area contributed by atoms with E-state index in [-0.39, 0.29) is 18.6 Å². The van der Waals surface area contributed by atoms with Crippen molar-refractivity contribution in [3.05, 3.63) is 24.3 Å². The van der Waals surface area contributed by atoms with Gasteiger partial charge in [-0.15, -0.1) is 0 Å². The fourth-order valence-electron chi connectivity index (χ4n) is 1.90. The highest BCUT2D eigenvalue weighted by Gasteiger charge is 2.43. The second kappa shape index (κ2) is 9.61. The number of hydrogen-bond acceptors (Lipinski definition) is 8. The van der Waals surface area contributed by atoms with Crippen LogP contribution in [0.1, 0.15) is 46.0 Å². The Kier molecular flexibility index (Phi) is 7.84. The molecule has 25 heavy (non-hydrogen) atoms. The van der Waals surface area contributed by atoms with Crippen molar-refractivity contribution >= 4 is 23.9 Å². The summed E-state index contributed by atoms with van der Waals surface area (Å²) in [6.45, 7) is 7.37. The van der Waals surface area contributed by atoms with Crippen molar-refractivity contribution in [3.63, 3.8) is 0 Å². The molecule has 138 valence electrons. The van der Waals surface area contributed by atoms with Crippen molar-refractivity contribution in [3.8, 4) is 0 Å². The Hall–Kier alpha value is -2.64. The molecule has 1 rings (SSSR count). The fraction of sp³-hybridized carbons (Fsp3) is 0.529.